The number of amides is 1. The zero-order valence-corrected chi connectivity index (χ0v) is 14.5. The Bertz CT molecular complexity index is 712. The Morgan fingerprint density at radius 1 is 1.08 bits per heavy atom. The number of nitrogens with zero attached hydrogens (tertiary/aromatic N) is 2. The molecule has 1 aliphatic heterocycles. The lowest BCUT2D eigenvalue weighted by Crippen LogP contribution is -2.48. The highest BCUT2D eigenvalue weighted by molar-refractivity contribution is 6.30. The Hall–Kier alpha value is -2.10. The summed E-state index contributed by atoms with van der Waals surface area (Å²) in [5, 5.41) is 0.696. The van der Waals surface area contributed by atoms with Crippen LogP contribution in [0.1, 0.15) is 17.2 Å². The van der Waals surface area contributed by atoms with Gasteiger partial charge in [0.25, 0.3) is 0 Å². The van der Waals surface area contributed by atoms with Crippen LogP contribution in [0, 0.1) is 0 Å². The van der Waals surface area contributed by atoms with Gasteiger partial charge in [-0.3, -0.25) is 4.79 Å². The summed E-state index contributed by atoms with van der Waals surface area (Å²) in [5.74, 6) is 0.0481. The minimum atomic E-state index is 0.0481. The molecule has 1 aliphatic rings. The Labute approximate surface area is 148 Å². The molecule has 0 spiro atoms. The predicted molar refractivity (Wildman–Crippen MR) is 98.9 cm³/mol. The number of piperazine rings is 1. The molecule has 0 aliphatic carbocycles. The van der Waals surface area contributed by atoms with E-state index in [1.165, 1.54) is 5.56 Å². The predicted octanol–water partition coefficient (Wildman–Crippen LogP) is 3.87. The standard InChI is InChI=1S/C20H21ClN2O/c1-22-13-14-23(19(15-22)17-5-3-2-4-6-17)20(24)12-9-16-7-10-18(21)11-8-16/h2-12,19H,13-15H2,1H3. The van der Waals surface area contributed by atoms with E-state index in [1.807, 2.05) is 53.4 Å². The maximum atomic E-state index is 12.7. The molecule has 124 valence electrons. The maximum Gasteiger partial charge on any atom is 0.247 e. The zero-order valence-electron chi connectivity index (χ0n) is 13.7. The Morgan fingerprint density at radius 2 is 1.79 bits per heavy atom. The second-order valence-corrected chi connectivity index (χ2v) is 6.54. The van der Waals surface area contributed by atoms with Crippen molar-refractivity contribution in [2.75, 3.05) is 26.7 Å². The fraction of sp³-hybridized carbons (Fsp3) is 0.250. The van der Waals surface area contributed by atoms with E-state index >= 15 is 0 Å². The van der Waals surface area contributed by atoms with Crippen LogP contribution in [0.25, 0.3) is 6.08 Å². The first-order valence-electron chi connectivity index (χ1n) is 8.11. The fourth-order valence-corrected chi connectivity index (χ4v) is 3.11. The van der Waals surface area contributed by atoms with Gasteiger partial charge >= 0.3 is 0 Å². The largest absolute Gasteiger partial charge is 0.330 e. The molecule has 1 atom stereocenters. The van der Waals surface area contributed by atoms with Crippen molar-refractivity contribution in [3.8, 4) is 0 Å². The van der Waals surface area contributed by atoms with Gasteiger partial charge in [0.2, 0.25) is 5.91 Å². The van der Waals surface area contributed by atoms with Crippen molar-refractivity contribution >= 4 is 23.6 Å². The van der Waals surface area contributed by atoms with E-state index < -0.39 is 0 Å². The number of hydrogen-bond acceptors (Lipinski definition) is 2. The number of benzene rings is 2. The lowest BCUT2D eigenvalue weighted by molar-refractivity contribution is -0.130. The topological polar surface area (TPSA) is 23.6 Å². The first-order valence-corrected chi connectivity index (χ1v) is 8.49. The van der Waals surface area contributed by atoms with Crippen LogP contribution < -0.4 is 0 Å². The highest BCUT2D eigenvalue weighted by Crippen LogP contribution is 2.25. The second kappa shape index (κ2) is 7.65. The average molecular weight is 341 g/mol. The molecule has 3 nitrogen and oxygen atoms in total. The number of rotatable bonds is 3. The summed E-state index contributed by atoms with van der Waals surface area (Å²) in [6, 6.07) is 17.8. The van der Waals surface area contributed by atoms with Crippen LogP contribution in [0.5, 0.6) is 0 Å². The molecule has 2 aromatic rings. The molecule has 0 aromatic heterocycles. The summed E-state index contributed by atoms with van der Waals surface area (Å²) in [7, 11) is 2.10. The lowest BCUT2D eigenvalue weighted by atomic mass is 10.0. The third-order valence-electron chi connectivity index (χ3n) is 4.34. The van der Waals surface area contributed by atoms with Crippen molar-refractivity contribution in [1.82, 2.24) is 9.80 Å². The molecule has 0 saturated carbocycles. The molecule has 0 N–H and O–H groups in total. The highest BCUT2D eigenvalue weighted by Gasteiger charge is 2.28. The minimum absolute atomic E-state index is 0.0481. The average Bonchev–Trinajstić information content (AvgIpc) is 2.61. The summed E-state index contributed by atoms with van der Waals surface area (Å²) in [5.41, 5.74) is 2.15. The molecule has 4 heteroatoms. The van der Waals surface area contributed by atoms with Crippen LogP contribution in [0.2, 0.25) is 5.02 Å². The van der Waals surface area contributed by atoms with E-state index in [0.717, 1.165) is 25.2 Å². The molecule has 2 aromatic carbocycles. The quantitative estimate of drug-likeness (QED) is 0.792. The zero-order chi connectivity index (χ0) is 16.9. The van der Waals surface area contributed by atoms with Crippen molar-refractivity contribution in [2.24, 2.45) is 0 Å². The third-order valence-corrected chi connectivity index (χ3v) is 4.59. The molecule has 0 bridgehead atoms. The molecule has 1 saturated heterocycles. The number of carbonyl (C=O) groups is 1. The maximum absolute atomic E-state index is 12.7. The van der Waals surface area contributed by atoms with Crippen molar-refractivity contribution in [3.63, 3.8) is 0 Å². The summed E-state index contributed by atoms with van der Waals surface area (Å²) < 4.78 is 0. The van der Waals surface area contributed by atoms with E-state index in [2.05, 4.69) is 24.1 Å². The molecule has 24 heavy (non-hydrogen) atoms. The SMILES string of the molecule is CN1CCN(C(=O)C=Cc2ccc(Cl)cc2)C(c2ccccc2)C1. The van der Waals surface area contributed by atoms with Gasteiger partial charge in [0.05, 0.1) is 6.04 Å². The first kappa shape index (κ1) is 16.7. The molecule has 1 fully saturated rings. The van der Waals surface area contributed by atoms with E-state index in [9.17, 15) is 4.79 Å². The third kappa shape index (κ3) is 4.05. The van der Waals surface area contributed by atoms with Gasteiger partial charge in [-0.1, -0.05) is 54.1 Å². The first-order chi connectivity index (χ1) is 11.6. The van der Waals surface area contributed by atoms with Gasteiger partial charge in [0.15, 0.2) is 0 Å². The monoisotopic (exact) mass is 340 g/mol. The van der Waals surface area contributed by atoms with Crippen LogP contribution in [-0.4, -0.2) is 42.4 Å². The van der Waals surface area contributed by atoms with Crippen molar-refractivity contribution in [1.29, 1.82) is 0 Å². The van der Waals surface area contributed by atoms with Crippen molar-refractivity contribution in [3.05, 3.63) is 76.8 Å². The number of carbonyl (C=O) groups excluding carboxylic acids is 1. The normalized spacial score (nSPS) is 18.9. The van der Waals surface area contributed by atoms with Gasteiger partial charge in [-0.25, -0.2) is 0 Å². The fourth-order valence-electron chi connectivity index (χ4n) is 2.98. The van der Waals surface area contributed by atoms with Crippen LogP contribution in [0.15, 0.2) is 60.7 Å². The van der Waals surface area contributed by atoms with Crippen molar-refractivity contribution < 1.29 is 4.79 Å². The van der Waals surface area contributed by atoms with Gasteiger partial charge in [-0.15, -0.1) is 0 Å². The van der Waals surface area contributed by atoms with Gasteiger partial charge < -0.3 is 9.80 Å². The van der Waals surface area contributed by atoms with E-state index in [4.69, 9.17) is 11.6 Å². The molecule has 1 amide bonds. The Balaban J connectivity index is 1.77. The summed E-state index contributed by atoms with van der Waals surface area (Å²) in [6.45, 7) is 2.48. The van der Waals surface area contributed by atoms with Crippen LogP contribution in [-0.2, 0) is 4.79 Å². The van der Waals surface area contributed by atoms with Crippen molar-refractivity contribution in [2.45, 2.75) is 6.04 Å². The number of likely N-dealkylation sites (N-methyl/N-ethyl adjacent to an activating group) is 1. The van der Waals surface area contributed by atoms with Gasteiger partial charge in [-0.05, 0) is 36.4 Å². The summed E-state index contributed by atoms with van der Waals surface area (Å²) >= 11 is 5.89. The Morgan fingerprint density at radius 3 is 2.50 bits per heavy atom. The molecule has 1 unspecified atom stereocenters. The highest BCUT2D eigenvalue weighted by atomic mass is 35.5. The van der Waals surface area contributed by atoms with Gasteiger partial charge in [-0.2, -0.15) is 0 Å². The molecular formula is C20H21ClN2O. The summed E-state index contributed by atoms with van der Waals surface area (Å²) in [6.07, 6.45) is 3.50. The van der Waals surface area contributed by atoms with Crippen LogP contribution in [0.4, 0.5) is 0 Å². The van der Waals surface area contributed by atoms with Crippen LogP contribution in [0.3, 0.4) is 0 Å². The van der Waals surface area contributed by atoms with Gasteiger partial charge in [0.1, 0.15) is 0 Å². The molecule has 0 radical (unpaired) electrons. The molecule has 1 heterocycles. The summed E-state index contributed by atoms with van der Waals surface area (Å²) in [4.78, 5) is 17.0. The van der Waals surface area contributed by atoms with E-state index in [1.54, 1.807) is 6.08 Å². The molecule has 3 rings (SSSR count). The van der Waals surface area contributed by atoms with E-state index in [0.29, 0.717) is 5.02 Å². The minimum Gasteiger partial charge on any atom is -0.330 e. The number of hydrogen-bond donors (Lipinski definition) is 0. The Kier molecular flexibility index (Phi) is 5.34. The van der Waals surface area contributed by atoms with Gasteiger partial charge in [0, 0.05) is 30.7 Å². The molecular weight excluding hydrogens is 320 g/mol. The second-order valence-electron chi connectivity index (χ2n) is 6.11. The number of halogens is 1. The van der Waals surface area contributed by atoms with Crippen LogP contribution >= 0.6 is 11.6 Å². The smallest absolute Gasteiger partial charge is 0.247 e. The lowest BCUT2D eigenvalue weighted by Gasteiger charge is -2.39. The van der Waals surface area contributed by atoms with E-state index in [-0.39, 0.29) is 11.9 Å².